The van der Waals surface area contributed by atoms with Gasteiger partial charge in [0.1, 0.15) is 17.2 Å². The van der Waals surface area contributed by atoms with Gasteiger partial charge in [0.05, 0.1) is 11.6 Å². The third-order valence-electron chi connectivity index (χ3n) is 5.03. The van der Waals surface area contributed by atoms with Crippen molar-refractivity contribution in [2.24, 2.45) is 5.92 Å². The molecular formula is C19H25F2N3O. The van der Waals surface area contributed by atoms with E-state index in [0.29, 0.717) is 12.5 Å². The Balaban J connectivity index is 2.05. The van der Waals surface area contributed by atoms with Gasteiger partial charge in [-0.3, -0.25) is 9.69 Å². The maximum atomic E-state index is 14.0. The summed E-state index contributed by atoms with van der Waals surface area (Å²) in [5, 5.41) is 11.4. The number of nitriles is 1. The smallest absolute Gasteiger partial charge is 0.257 e. The van der Waals surface area contributed by atoms with Crippen molar-refractivity contribution in [2.75, 3.05) is 19.6 Å². The number of nitrogens with zero attached hydrogens (tertiary/aromatic N) is 2. The number of rotatable bonds is 5. The van der Waals surface area contributed by atoms with Crippen molar-refractivity contribution < 1.29 is 13.6 Å². The van der Waals surface area contributed by atoms with Crippen molar-refractivity contribution in [1.29, 1.82) is 5.26 Å². The minimum absolute atomic E-state index is 0.147. The molecule has 1 aliphatic heterocycles. The molecule has 1 heterocycles. The van der Waals surface area contributed by atoms with Crippen LogP contribution in [0, 0.1) is 28.9 Å². The van der Waals surface area contributed by atoms with E-state index in [1.165, 1.54) is 6.42 Å². The first kappa shape index (κ1) is 19.3. The molecule has 1 N–H and O–H groups in total. The Morgan fingerprint density at radius 3 is 2.60 bits per heavy atom. The van der Waals surface area contributed by atoms with E-state index in [-0.39, 0.29) is 11.1 Å². The molecule has 1 aromatic carbocycles. The predicted octanol–water partition coefficient (Wildman–Crippen LogP) is 3.47. The van der Waals surface area contributed by atoms with Gasteiger partial charge in [-0.1, -0.05) is 13.3 Å². The van der Waals surface area contributed by atoms with Crippen LogP contribution in [0.4, 0.5) is 8.78 Å². The Hall–Kier alpha value is -2.00. The van der Waals surface area contributed by atoms with E-state index in [0.717, 1.165) is 38.1 Å². The fourth-order valence-electron chi connectivity index (χ4n) is 3.30. The summed E-state index contributed by atoms with van der Waals surface area (Å²) in [5.41, 5.74) is -1.09. The van der Waals surface area contributed by atoms with Crippen LogP contribution in [0.1, 0.15) is 56.0 Å². The third-order valence-corrected chi connectivity index (χ3v) is 5.03. The SMILES string of the molecule is CCC1CCCN(C(C)(C)CNC(=O)c2c(F)cc(C#N)cc2F)C1. The van der Waals surface area contributed by atoms with Gasteiger partial charge in [-0.2, -0.15) is 5.26 Å². The molecule has 1 amide bonds. The predicted molar refractivity (Wildman–Crippen MR) is 92.1 cm³/mol. The average molecular weight is 349 g/mol. The first-order chi connectivity index (χ1) is 11.8. The van der Waals surface area contributed by atoms with Gasteiger partial charge in [0.2, 0.25) is 0 Å². The van der Waals surface area contributed by atoms with Crippen LogP contribution >= 0.6 is 0 Å². The number of benzene rings is 1. The van der Waals surface area contributed by atoms with E-state index in [1.807, 2.05) is 13.8 Å². The maximum absolute atomic E-state index is 14.0. The average Bonchev–Trinajstić information content (AvgIpc) is 2.59. The Labute approximate surface area is 147 Å². The number of nitrogens with one attached hydrogen (secondary N) is 1. The Bertz CT molecular complexity index is 659. The molecule has 136 valence electrons. The fraction of sp³-hybridized carbons (Fsp3) is 0.579. The highest BCUT2D eigenvalue weighted by Gasteiger charge is 2.31. The Morgan fingerprint density at radius 1 is 1.40 bits per heavy atom. The number of amides is 1. The van der Waals surface area contributed by atoms with Gasteiger partial charge < -0.3 is 5.32 Å². The number of hydrogen-bond acceptors (Lipinski definition) is 3. The minimum Gasteiger partial charge on any atom is -0.350 e. The lowest BCUT2D eigenvalue weighted by molar-refractivity contribution is 0.0610. The molecule has 0 saturated carbocycles. The van der Waals surface area contributed by atoms with E-state index in [1.54, 1.807) is 6.07 Å². The summed E-state index contributed by atoms with van der Waals surface area (Å²) in [5.74, 6) is -2.18. The zero-order valence-electron chi connectivity index (χ0n) is 15.0. The number of piperidine rings is 1. The highest BCUT2D eigenvalue weighted by molar-refractivity contribution is 5.94. The second-order valence-electron chi connectivity index (χ2n) is 7.28. The quantitative estimate of drug-likeness (QED) is 0.886. The van der Waals surface area contributed by atoms with Crippen LogP contribution in [-0.2, 0) is 0 Å². The Morgan fingerprint density at radius 2 is 2.04 bits per heavy atom. The summed E-state index contributed by atoms with van der Waals surface area (Å²) < 4.78 is 27.9. The van der Waals surface area contributed by atoms with E-state index >= 15 is 0 Å². The number of halogens is 2. The van der Waals surface area contributed by atoms with Gasteiger partial charge >= 0.3 is 0 Å². The van der Waals surface area contributed by atoms with Crippen LogP contribution in [0.25, 0.3) is 0 Å². The minimum atomic E-state index is -1.02. The van der Waals surface area contributed by atoms with Crippen molar-refractivity contribution in [3.05, 3.63) is 34.9 Å². The van der Waals surface area contributed by atoms with Gasteiger partial charge in [-0.05, 0) is 51.3 Å². The summed E-state index contributed by atoms with van der Waals surface area (Å²) >= 11 is 0. The molecule has 25 heavy (non-hydrogen) atoms. The lowest BCUT2D eigenvalue weighted by Gasteiger charge is -2.43. The molecule has 2 rings (SSSR count). The number of hydrogen-bond donors (Lipinski definition) is 1. The maximum Gasteiger partial charge on any atom is 0.257 e. The molecule has 1 unspecified atom stereocenters. The standard InChI is InChI=1S/C19H25F2N3O/c1-4-13-6-5-7-24(11-13)19(2,3)12-23-18(25)17-15(20)8-14(10-22)9-16(17)21/h8-9,13H,4-7,11-12H2,1-3H3,(H,23,25). The number of carbonyl (C=O) groups is 1. The van der Waals surface area contributed by atoms with Gasteiger partial charge in [-0.15, -0.1) is 0 Å². The molecule has 0 aliphatic carbocycles. The fourth-order valence-corrected chi connectivity index (χ4v) is 3.30. The normalized spacial score (nSPS) is 18.6. The summed E-state index contributed by atoms with van der Waals surface area (Å²) in [4.78, 5) is 14.6. The first-order valence-electron chi connectivity index (χ1n) is 8.71. The second kappa shape index (κ2) is 7.92. The molecule has 0 bridgehead atoms. The zero-order chi connectivity index (χ0) is 18.6. The van der Waals surface area contributed by atoms with Crippen LogP contribution in [0.5, 0.6) is 0 Å². The van der Waals surface area contributed by atoms with Crippen molar-refractivity contribution >= 4 is 5.91 Å². The third kappa shape index (κ3) is 4.55. The largest absolute Gasteiger partial charge is 0.350 e. The zero-order valence-corrected chi connectivity index (χ0v) is 15.0. The molecule has 1 aliphatic rings. The van der Waals surface area contributed by atoms with Gasteiger partial charge in [0.15, 0.2) is 0 Å². The van der Waals surface area contributed by atoms with Crippen molar-refractivity contribution in [3.8, 4) is 6.07 Å². The van der Waals surface area contributed by atoms with Crippen LogP contribution in [0.2, 0.25) is 0 Å². The van der Waals surface area contributed by atoms with Gasteiger partial charge in [0, 0.05) is 18.6 Å². The molecule has 0 radical (unpaired) electrons. The van der Waals surface area contributed by atoms with Crippen LogP contribution in [0.15, 0.2) is 12.1 Å². The van der Waals surface area contributed by atoms with E-state index in [9.17, 15) is 13.6 Å². The van der Waals surface area contributed by atoms with Crippen molar-refractivity contribution in [2.45, 2.75) is 45.6 Å². The molecule has 4 nitrogen and oxygen atoms in total. The Kier molecular flexibility index (Phi) is 6.12. The van der Waals surface area contributed by atoms with Crippen LogP contribution in [0.3, 0.4) is 0 Å². The molecule has 1 atom stereocenters. The van der Waals surface area contributed by atoms with Gasteiger partial charge in [-0.25, -0.2) is 8.78 Å². The summed E-state index contributed by atoms with van der Waals surface area (Å²) in [6.45, 7) is 8.45. The van der Waals surface area contributed by atoms with Crippen LogP contribution in [-0.4, -0.2) is 36.0 Å². The van der Waals surface area contributed by atoms with E-state index in [2.05, 4.69) is 17.1 Å². The highest BCUT2D eigenvalue weighted by atomic mass is 19.1. The molecule has 1 fully saturated rings. The first-order valence-corrected chi connectivity index (χ1v) is 8.71. The molecule has 1 aromatic rings. The monoisotopic (exact) mass is 349 g/mol. The van der Waals surface area contributed by atoms with Gasteiger partial charge in [0.25, 0.3) is 5.91 Å². The molecule has 1 saturated heterocycles. The summed E-state index contributed by atoms with van der Waals surface area (Å²) in [7, 11) is 0. The number of carbonyl (C=O) groups excluding carboxylic acids is 1. The molecule has 6 heteroatoms. The summed E-state index contributed by atoms with van der Waals surface area (Å²) in [6.07, 6.45) is 3.46. The highest BCUT2D eigenvalue weighted by Crippen LogP contribution is 2.25. The van der Waals surface area contributed by atoms with Crippen LogP contribution < -0.4 is 5.32 Å². The van der Waals surface area contributed by atoms with Crippen molar-refractivity contribution in [1.82, 2.24) is 10.2 Å². The van der Waals surface area contributed by atoms with Crippen molar-refractivity contribution in [3.63, 3.8) is 0 Å². The topological polar surface area (TPSA) is 56.1 Å². The second-order valence-corrected chi connectivity index (χ2v) is 7.28. The summed E-state index contributed by atoms with van der Waals surface area (Å²) in [6, 6.07) is 3.41. The molecule has 0 aromatic heterocycles. The number of likely N-dealkylation sites (tertiary alicyclic amines) is 1. The van der Waals surface area contributed by atoms with E-state index in [4.69, 9.17) is 5.26 Å². The molecular weight excluding hydrogens is 324 g/mol. The lowest BCUT2D eigenvalue weighted by atomic mass is 9.91. The lowest BCUT2D eigenvalue weighted by Crippen LogP contribution is -2.55. The molecule has 0 spiro atoms. The van der Waals surface area contributed by atoms with E-state index < -0.39 is 23.1 Å².